The maximum atomic E-state index is 12.1. The second kappa shape index (κ2) is 5.41. The van der Waals surface area contributed by atoms with Crippen molar-refractivity contribution in [3.8, 4) is 11.1 Å². The molecule has 1 aromatic heterocycles. The minimum Gasteiger partial charge on any atom is -0.427 e. The zero-order valence-electron chi connectivity index (χ0n) is 11.5. The van der Waals surface area contributed by atoms with Crippen molar-refractivity contribution in [3.05, 3.63) is 57.1 Å². The van der Waals surface area contributed by atoms with E-state index in [-0.39, 0.29) is 12.2 Å². The van der Waals surface area contributed by atoms with Crippen LogP contribution in [-0.2, 0) is 6.42 Å². The van der Waals surface area contributed by atoms with Crippen LogP contribution in [-0.4, -0.2) is 11.7 Å². The van der Waals surface area contributed by atoms with Crippen LogP contribution in [0.3, 0.4) is 0 Å². The van der Waals surface area contributed by atoms with E-state index < -0.39 is 0 Å². The first-order valence-corrected chi connectivity index (χ1v) is 6.35. The van der Waals surface area contributed by atoms with Gasteiger partial charge in [-0.1, -0.05) is 17.7 Å². The van der Waals surface area contributed by atoms with Crippen LogP contribution >= 0.6 is 0 Å². The van der Waals surface area contributed by atoms with Crippen molar-refractivity contribution in [1.82, 2.24) is 0 Å². The number of benzene rings is 1. The first-order chi connectivity index (χ1) is 9.02. The van der Waals surface area contributed by atoms with Gasteiger partial charge in [0.15, 0.2) is 0 Å². The lowest BCUT2D eigenvalue weighted by atomic mass is 9.95. The van der Waals surface area contributed by atoms with E-state index in [0.29, 0.717) is 17.7 Å². The Morgan fingerprint density at radius 1 is 1.11 bits per heavy atom. The predicted molar refractivity (Wildman–Crippen MR) is 75.4 cm³/mol. The molecule has 2 aromatic rings. The van der Waals surface area contributed by atoms with Gasteiger partial charge in [0.1, 0.15) is 5.76 Å². The third-order valence-electron chi connectivity index (χ3n) is 3.18. The lowest BCUT2D eigenvalue weighted by Crippen LogP contribution is -2.07. The summed E-state index contributed by atoms with van der Waals surface area (Å²) >= 11 is 0. The average Bonchev–Trinajstić information content (AvgIpc) is 2.31. The zero-order valence-corrected chi connectivity index (χ0v) is 11.5. The summed E-state index contributed by atoms with van der Waals surface area (Å²) in [5.41, 5.74) is 4.49. The Kier molecular flexibility index (Phi) is 3.86. The molecule has 0 aliphatic carbocycles. The Labute approximate surface area is 112 Å². The van der Waals surface area contributed by atoms with Crippen molar-refractivity contribution >= 4 is 0 Å². The molecule has 0 amide bonds. The van der Waals surface area contributed by atoms with Crippen LogP contribution in [0.25, 0.3) is 11.1 Å². The molecule has 3 nitrogen and oxygen atoms in total. The molecule has 1 aromatic carbocycles. The third-order valence-corrected chi connectivity index (χ3v) is 3.18. The highest BCUT2D eigenvalue weighted by Crippen LogP contribution is 2.26. The van der Waals surface area contributed by atoms with Crippen molar-refractivity contribution < 1.29 is 9.52 Å². The molecule has 1 heterocycles. The molecular formula is C16H18O3. The molecule has 2 rings (SSSR count). The van der Waals surface area contributed by atoms with Gasteiger partial charge in [0, 0.05) is 6.42 Å². The molecule has 0 bridgehead atoms. The summed E-state index contributed by atoms with van der Waals surface area (Å²) in [7, 11) is 0. The number of hydrogen-bond donors (Lipinski definition) is 1. The molecule has 0 fully saturated rings. The molecule has 0 saturated carbocycles. The fraction of sp³-hybridized carbons (Fsp3) is 0.312. The summed E-state index contributed by atoms with van der Waals surface area (Å²) in [6.07, 6.45) is 0.362. The van der Waals surface area contributed by atoms with Gasteiger partial charge in [0.25, 0.3) is 0 Å². The van der Waals surface area contributed by atoms with E-state index in [1.165, 1.54) is 5.56 Å². The second-order valence-corrected chi connectivity index (χ2v) is 4.85. The Hall–Kier alpha value is -1.87. The third kappa shape index (κ3) is 2.76. The van der Waals surface area contributed by atoms with Gasteiger partial charge in [-0.15, -0.1) is 0 Å². The number of hydrogen-bond acceptors (Lipinski definition) is 3. The Morgan fingerprint density at radius 3 is 2.26 bits per heavy atom. The standard InChI is InChI=1S/C16H18O3/c1-10-8-11(2)15(12(3)9-10)14-5-4-13(6-7-17)19-16(14)18/h4-5,8-9,17H,6-7H2,1-3H3. The van der Waals surface area contributed by atoms with E-state index in [9.17, 15) is 4.79 Å². The smallest absolute Gasteiger partial charge is 0.343 e. The summed E-state index contributed by atoms with van der Waals surface area (Å²) in [4.78, 5) is 12.1. The summed E-state index contributed by atoms with van der Waals surface area (Å²) < 4.78 is 5.23. The van der Waals surface area contributed by atoms with Crippen LogP contribution in [0.4, 0.5) is 0 Å². The van der Waals surface area contributed by atoms with Gasteiger partial charge >= 0.3 is 5.63 Å². The normalized spacial score (nSPS) is 10.7. The maximum absolute atomic E-state index is 12.1. The lowest BCUT2D eigenvalue weighted by Gasteiger charge is -2.10. The van der Waals surface area contributed by atoms with E-state index in [2.05, 4.69) is 12.1 Å². The first-order valence-electron chi connectivity index (χ1n) is 6.35. The van der Waals surface area contributed by atoms with Gasteiger partial charge in [0.05, 0.1) is 12.2 Å². The molecule has 0 aliphatic heterocycles. The molecule has 0 spiro atoms. The first kappa shape index (κ1) is 13.6. The fourth-order valence-corrected chi connectivity index (χ4v) is 2.49. The lowest BCUT2D eigenvalue weighted by molar-refractivity contribution is 0.284. The molecule has 0 atom stereocenters. The van der Waals surface area contributed by atoms with Crippen LogP contribution in [0.5, 0.6) is 0 Å². The van der Waals surface area contributed by atoms with Crippen LogP contribution in [0.2, 0.25) is 0 Å². The SMILES string of the molecule is Cc1cc(C)c(-c2ccc(CCO)oc2=O)c(C)c1. The Balaban J connectivity index is 2.57. The van der Waals surface area contributed by atoms with Crippen molar-refractivity contribution in [2.45, 2.75) is 27.2 Å². The molecule has 0 aliphatic rings. The molecule has 0 saturated heterocycles. The van der Waals surface area contributed by atoms with Crippen LogP contribution in [0.15, 0.2) is 33.5 Å². The van der Waals surface area contributed by atoms with Crippen molar-refractivity contribution in [3.63, 3.8) is 0 Å². The second-order valence-electron chi connectivity index (χ2n) is 4.85. The quantitative estimate of drug-likeness (QED) is 0.921. The highest BCUT2D eigenvalue weighted by Gasteiger charge is 2.12. The van der Waals surface area contributed by atoms with Gasteiger partial charge in [0.2, 0.25) is 0 Å². The Bertz CT molecular complexity index is 630. The average molecular weight is 258 g/mol. The maximum Gasteiger partial charge on any atom is 0.343 e. The molecule has 100 valence electrons. The van der Waals surface area contributed by atoms with Gasteiger partial charge in [-0.05, 0) is 49.6 Å². The van der Waals surface area contributed by atoms with E-state index in [0.717, 1.165) is 16.7 Å². The Morgan fingerprint density at radius 2 is 1.74 bits per heavy atom. The van der Waals surface area contributed by atoms with Crippen LogP contribution in [0, 0.1) is 20.8 Å². The highest BCUT2D eigenvalue weighted by atomic mass is 16.4. The van der Waals surface area contributed by atoms with E-state index in [4.69, 9.17) is 9.52 Å². The molecule has 0 unspecified atom stereocenters. The summed E-state index contributed by atoms with van der Waals surface area (Å²) in [5.74, 6) is 0.513. The van der Waals surface area contributed by atoms with Gasteiger partial charge < -0.3 is 9.52 Å². The van der Waals surface area contributed by atoms with E-state index in [1.54, 1.807) is 12.1 Å². The van der Waals surface area contributed by atoms with Crippen molar-refractivity contribution in [2.75, 3.05) is 6.61 Å². The minimum absolute atomic E-state index is 0.0229. The van der Waals surface area contributed by atoms with Crippen LogP contribution < -0.4 is 5.63 Å². The monoisotopic (exact) mass is 258 g/mol. The van der Waals surface area contributed by atoms with Crippen molar-refractivity contribution in [1.29, 1.82) is 0 Å². The summed E-state index contributed by atoms with van der Waals surface area (Å²) in [6.45, 7) is 6.01. The fourth-order valence-electron chi connectivity index (χ4n) is 2.49. The van der Waals surface area contributed by atoms with Crippen LogP contribution in [0.1, 0.15) is 22.5 Å². The predicted octanol–water partition coefficient (Wildman–Crippen LogP) is 2.77. The van der Waals surface area contributed by atoms with E-state index in [1.807, 2.05) is 20.8 Å². The highest BCUT2D eigenvalue weighted by molar-refractivity contribution is 5.70. The van der Waals surface area contributed by atoms with Gasteiger partial charge in [-0.25, -0.2) is 4.79 Å². The number of aryl methyl sites for hydroxylation is 3. The van der Waals surface area contributed by atoms with Gasteiger partial charge in [-0.3, -0.25) is 0 Å². The molecule has 3 heteroatoms. The van der Waals surface area contributed by atoms with Crippen molar-refractivity contribution in [2.24, 2.45) is 0 Å². The molecule has 1 N–H and O–H groups in total. The largest absolute Gasteiger partial charge is 0.427 e. The molecule has 19 heavy (non-hydrogen) atoms. The summed E-state index contributed by atoms with van der Waals surface area (Å²) in [6, 6.07) is 7.65. The minimum atomic E-state index is -0.346. The summed E-state index contributed by atoms with van der Waals surface area (Å²) in [5, 5.41) is 8.85. The molecule has 0 radical (unpaired) electrons. The number of aliphatic hydroxyl groups is 1. The number of aliphatic hydroxyl groups excluding tert-OH is 1. The topological polar surface area (TPSA) is 50.4 Å². The molecular weight excluding hydrogens is 240 g/mol. The number of rotatable bonds is 3. The van der Waals surface area contributed by atoms with E-state index >= 15 is 0 Å². The van der Waals surface area contributed by atoms with Gasteiger partial charge in [-0.2, -0.15) is 0 Å². The zero-order chi connectivity index (χ0) is 14.0.